The molecule has 3 atom stereocenters. The number of carbonyl (C=O) groups excluding carboxylic acids is 1. The lowest BCUT2D eigenvalue weighted by Gasteiger charge is -2.41. The van der Waals surface area contributed by atoms with Crippen LogP contribution < -0.4 is 10.2 Å². The van der Waals surface area contributed by atoms with E-state index in [9.17, 15) is 4.79 Å². The number of hydrogen-bond donors (Lipinski definition) is 1. The van der Waals surface area contributed by atoms with Crippen molar-refractivity contribution in [1.29, 1.82) is 0 Å². The maximum Gasteiger partial charge on any atom is 0.237 e. The van der Waals surface area contributed by atoms with Crippen molar-refractivity contribution in [3.05, 3.63) is 23.9 Å². The third-order valence-electron chi connectivity index (χ3n) is 5.45. The van der Waals surface area contributed by atoms with Gasteiger partial charge in [-0.25, -0.2) is 4.98 Å². The number of amides is 1. The number of rotatable bonds is 6. The van der Waals surface area contributed by atoms with E-state index in [1.165, 1.54) is 12.8 Å². The molecule has 0 spiro atoms. The molecule has 3 unspecified atom stereocenters. The summed E-state index contributed by atoms with van der Waals surface area (Å²) in [5, 5.41) is 3.12. The van der Waals surface area contributed by atoms with Crippen molar-refractivity contribution in [1.82, 2.24) is 15.2 Å². The number of nitrogens with one attached hydrogen (secondary N) is 1. The Balaban J connectivity index is 1.57. The molecule has 3 heterocycles. The van der Waals surface area contributed by atoms with Gasteiger partial charge in [0, 0.05) is 38.9 Å². The van der Waals surface area contributed by atoms with Crippen molar-refractivity contribution in [3.63, 3.8) is 0 Å². The minimum absolute atomic E-state index is 0.0925. The van der Waals surface area contributed by atoms with E-state index < -0.39 is 0 Å². The number of hydrogen-bond acceptors (Lipinski definition) is 5. The molecule has 27 heavy (non-hydrogen) atoms. The molecule has 2 aliphatic heterocycles. The summed E-state index contributed by atoms with van der Waals surface area (Å²) in [4.78, 5) is 22.1. The van der Waals surface area contributed by atoms with Gasteiger partial charge >= 0.3 is 0 Å². The average molecular weight is 375 g/mol. The van der Waals surface area contributed by atoms with Crippen molar-refractivity contribution in [2.24, 2.45) is 5.92 Å². The van der Waals surface area contributed by atoms with Crippen LogP contribution >= 0.6 is 0 Å². The molecular formula is C21H34N4O2. The fourth-order valence-corrected chi connectivity index (χ4v) is 4.28. The molecule has 2 fully saturated rings. The van der Waals surface area contributed by atoms with Gasteiger partial charge in [-0.15, -0.1) is 0 Å². The predicted octanol–water partition coefficient (Wildman–Crippen LogP) is 2.43. The van der Waals surface area contributed by atoms with Crippen LogP contribution in [-0.4, -0.2) is 60.2 Å². The summed E-state index contributed by atoms with van der Waals surface area (Å²) in [6.07, 6.45) is 4.69. The number of pyridine rings is 1. The van der Waals surface area contributed by atoms with Gasteiger partial charge in [-0.3, -0.25) is 9.69 Å². The van der Waals surface area contributed by atoms with E-state index in [-0.39, 0.29) is 30.1 Å². The highest BCUT2D eigenvalue weighted by molar-refractivity contribution is 5.82. The van der Waals surface area contributed by atoms with E-state index in [0.29, 0.717) is 6.54 Å². The van der Waals surface area contributed by atoms with Crippen molar-refractivity contribution < 1.29 is 9.53 Å². The van der Waals surface area contributed by atoms with Crippen LogP contribution in [0.5, 0.6) is 0 Å². The third kappa shape index (κ3) is 5.20. The summed E-state index contributed by atoms with van der Waals surface area (Å²) in [5.74, 6) is 1.38. The van der Waals surface area contributed by atoms with E-state index in [0.717, 1.165) is 37.6 Å². The van der Waals surface area contributed by atoms with E-state index in [4.69, 9.17) is 4.74 Å². The largest absolute Gasteiger partial charge is 0.373 e. The molecule has 6 nitrogen and oxygen atoms in total. The number of anilines is 1. The molecule has 3 rings (SSSR count). The molecular weight excluding hydrogens is 340 g/mol. The molecule has 0 radical (unpaired) electrons. The van der Waals surface area contributed by atoms with Crippen molar-refractivity contribution in [2.75, 3.05) is 31.1 Å². The fourth-order valence-electron chi connectivity index (χ4n) is 4.28. The predicted molar refractivity (Wildman–Crippen MR) is 108 cm³/mol. The van der Waals surface area contributed by atoms with Gasteiger partial charge in [-0.05, 0) is 44.2 Å². The second kappa shape index (κ2) is 9.02. The fraction of sp³-hybridized carbons (Fsp3) is 0.714. The Morgan fingerprint density at radius 2 is 1.89 bits per heavy atom. The lowest BCUT2D eigenvalue weighted by Crippen LogP contribution is -2.56. The Labute approximate surface area is 163 Å². The highest BCUT2D eigenvalue weighted by Crippen LogP contribution is 2.20. The molecule has 150 valence electrons. The zero-order valence-corrected chi connectivity index (χ0v) is 17.1. The molecule has 1 amide bonds. The summed E-state index contributed by atoms with van der Waals surface area (Å²) < 4.78 is 5.82. The van der Waals surface area contributed by atoms with Crippen LogP contribution in [0.15, 0.2) is 18.3 Å². The maximum atomic E-state index is 12.9. The molecule has 6 heteroatoms. The first kappa shape index (κ1) is 20.1. The van der Waals surface area contributed by atoms with E-state index in [1.807, 2.05) is 6.20 Å². The van der Waals surface area contributed by atoms with Gasteiger partial charge in [0.2, 0.25) is 5.91 Å². The van der Waals surface area contributed by atoms with Gasteiger partial charge in [0.05, 0.1) is 18.2 Å². The van der Waals surface area contributed by atoms with Gasteiger partial charge in [-0.2, -0.15) is 0 Å². The lowest BCUT2D eigenvalue weighted by atomic mass is 9.99. The summed E-state index contributed by atoms with van der Waals surface area (Å²) in [6, 6.07) is 4.01. The second-order valence-corrected chi connectivity index (χ2v) is 8.34. The normalized spacial score (nSPS) is 25.0. The first-order valence-electron chi connectivity index (χ1n) is 10.3. The Morgan fingerprint density at radius 3 is 2.44 bits per heavy atom. The summed E-state index contributed by atoms with van der Waals surface area (Å²) >= 11 is 0. The van der Waals surface area contributed by atoms with Gasteiger partial charge in [0.15, 0.2) is 0 Å². The topological polar surface area (TPSA) is 57.7 Å². The van der Waals surface area contributed by atoms with Crippen LogP contribution in [-0.2, 0) is 16.1 Å². The summed E-state index contributed by atoms with van der Waals surface area (Å²) in [6.45, 7) is 12.7. The van der Waals surface area contributed by atoms with Crippen LogP contribution in [0.25, 0.3) is 0 Å². The van der Waals surface area contributed by atoms with Crippen LogP contribution in [0.4, 0.5) is 5.82 Å². The van der Waals surface area contributed by atoms with Gasteiger partial charge < -0.3 is 15.0 Å². The van der Waals surface area contributed by atoms with Crippen LogP contribution in [0.3, 0.4) is 0 Å². The highest BCUT2D eigenvalue weighted by Gasteiger charge is 2.34. The monoisotopic (exact) mass is 374 g/mol. The number of aromatic nitrogens is 1. The molecule has 0 aliphatic carbocycles. The number of carbonyl (C=O) groups is 1. The number of nitrogens with zero attached hydrogens (tertiary/aromatic N) is 3. The molecule has 0 bridgehead atoms. The number of ether oxygens (including phenoxy) is 1. The van der Waals surface area contributed by atoms with Gasteiger partial charge in [0.25, 0.3) is 0 Å². The Hall–Kier alpha value is -1.66. The minimum Gasteiger partial charge on any atom is -0.373 e. The molecule has 0 aromatic carbocycles. The average Bonchev–Trinajstić information content (AvgIpc) is 3.14. The van der Waals surface area contributed by atoms with Gasteiger partial charge in [0.1, 0.15) is 5.82 Å². The molecule has 0 saturated carbocycles. The lowest BCUT2D eigenvalue weighted by molar-refractivity contribution is -0.135. The summed E-state index contributed by atoms with van der Waals surface area (Å²) in [7, 11) is 0. The maximum absolute atomic E-state index is 12.9. The smallest absolute Gasteiger partial charge is 0.237 e. The first-order valence-corrected chi connectivity index (χ1v) is 10.3. The van der Waals surface area contributed by atoms with E-state index in [2.05, 4.69) is 59.9 Å². The standard InChI is InChI=1S/C21H34N4O2/c1-15(2)20(25-13-16(3)27-17(4)14-25)21(26)23-12-18-7-8-19(22-11-18)24-9-5-6-10-24/h7-8,11,15-17,20H,5-6,9-10,12-14H2,1-4H3,(H,23,26). The highest BCUT2D eigenvalue weighted by atomic mass is 16.5. The zero-order valence-electron chi connectivity index (χ0n) is 17.1. The summed E-state index contributed by atoms with van der Waals surface area (Å²) in [5.41, 5.74) is 1.04. The third-order valence-corrected chi connectivity index (χ3v) is 5.45. The van der Waals surface area contributed by atoms with Crippen molar-refractivity contribution >= 4 is 11.7 Å². The minimum atomic E-state index is -0.129. The van der Waals surface area contributed by atoms with E-state index >= 15 is 0 Å². The molecule has 2 aliphatic rings. The molecule has 1 aromatic rings. The van der Waals surface area contributed by atoms with E-state index in [1.54, 1.807) is 0 Å². The first-order chi connectivity index (χ1) is 12.9. The zero-order chi connectivity index (χ0) is 19.4. The Kier molecular flexibility index (Phi) is 6.71. The molecule has 1 N–H and O–H groups in total. The van der Waals surface area contributed by atoms with Gasteiger partial charge in [-0.1, -0.05) is 19.9 Å². The van der Waals surface area contributed by atoms with Crippen LogP contribution in [0, 0.1) is 5.92 Å². The second-order valence-electron chi connectivity index (χ2n) is 8.34. The Morgan fingerprint density at radius 1 is 1.22 bits per heavy atom. The molecule has 2 saturated heterocycles. The Bertz CT molecular complexity index is 603. The van der Waals surface area contributed by atoms with Crippen LogP contribution in [0.2, 0.25) is 0 Å². The van der Waals surface area contributed by atoms with Crippen molar-refractivity contribution in [3.8, 4) is 0 Å². The van der Waals surface area contributed by atoms with Crippen molar-refractivity contribution in [2.45, 2.75) is 65.3 Å². The number of morpholine rings is 1. The molecule has 1 aromatic heterocycles. The van der Waals surface area contributed by atoms with Crippen LogP contribution in [0.1, 0.15) is 46.1 Å². The SMILES string of the molecule is CC1CN(C(C(=O)NCc2ccc(N3CCCC3)nc2)C(C)C)CC(C)O1. The quantitative estimate of drug-likeness (QED) is 0.829.